The summed E-state index contributed by atoms with van der Waals surface area (Å²) in [7, 11) is 1.85. The first-order valence-electron chi connectivity index (χ1n) is 19.6. The van der Waals surface area contributed by atoms with Crippen molar-refractivity contribution in [2.24, 2.45) is 35.5 Å². The van der Waals surface area contributed by atoms with Crippen molar-refractivity contribution in [3.05, 3.63) is 59.6 Å². The minimum absolute atomic E-state index is 0.0559. The van der Waals surface area contributed by atoms with Gasteiger partial charge in [0.05, 0.1) is 23.7 Å². The van der Waals surface area contributed by atoms with E-state index in [1.165, 1.54) is 24.8 Å². The second-order valence-electron chi connectivity index (χ2n) is 15.6. The van der Waals surface area contributed by atoms with Crippen LogP contribution < -0.4 is 11.1 Å². The molecule has 0 aromatic carbocycles. The number of nitrogens with one attached hydrogen (secondary N) is 2. The van der Waals surface area contributed by atoms with Crippen molar-refractivity contribution in [1.82, 2.24) is 15.3 Å². The van der Waals surface area contributed by atoms with Gasteiger partial charge in [0.1, 0.15) is 5.82 Å². The SMILES string of the molecule is CCCCCC1C=CC(CCCCCC(C(=O)O)C(O)CC(CNC)C2(O)CC(Cc3ccnc(N)c3)CC2Cc2cc(CC)c[nH]2)C(O)C1. The first kappa shape index (κ1) is 40.1. The van der Waals surface area contributed by atoms with Gasteiger partial charge in [-0.1, -0.05) is 64.5 Å². The van der Waals surface area contributed by atoms with Gasteiger partial charge in [0.25, 0.3) is 0 Å². The minimum atomic E-state index is -1.09. The third-order valence-corrected chi connectivity index (χ3v) is 11.9. The number of carboxylic acid groups (broad SMARTS) is 1. The van der Waals surface area contributed by atoms with Gasteiger partial charge >= 0.3 is 5.97 Å². The number of nitrogens with two attached hydrogens (primary N) is 1. The first-order valence-corrected chi connectivity index (χ1v) is 19.6. The number of carboxylic acids is 1. The maximum absolute atomic E-state index is 12.6. The number of hydrogen-bond acceptors (Lipinski definition) is 7. The molecule has 8 N–H and O–H groups in total. The predicted octanol–water partition coefficient (Wildman–Crippen LogP) is 6.47. The summed E-state index contributed by atoms with van der Waals surface area (Å²) in [4.78, 5) is 20.0. The average molecular weight is 695 g/mol. The predicted molar refractivity (Wildman–Crippen MR) is 201 cm³/mol. The molecule has 2 heterocycles. The van der Waals surface area contributed by atoms with Crippen molar-refractivity contribution in [2.75, 3.05) is 19.3 Å². The summed E-state index contributed by atoms with van der Waals surface area (Å²) in [5, 5.41) is 48.3. The Morgan fingerprint density at radius 1 is 1.08 bits per heavy atom. The molecule has 0 bridgehead atoms. The highest BCUT2D eigenvalue weighted by Gasteiger charge is 2.51. The molecule has 1 saturated carbocycles. The second kappa shape index (κ2) is 19.8. The number of aliphatic carboxylic acids is 1. The molecule has 0 spiro atoms. The van der Waals surface area contributed by atoms with Crippen LogP contribution in [0.25, 0.3) is 0 Å². The zero-order valence-electron chi connectivity index (χ0n) is 30.9. The summed E-state index contributed by atoms with van der Waals surface area (Å²) in [5.41, 5.74) is 8.31. The van der Waals surface area contributed by atoms with Crippen LogP contribution in [0.2, 0.25) is 0 Å². The molecule has 2 aliphatic carbocycles. The standard InChI is InChI=1S/C41H66N4O5/c1-4-6-8-11-29-14-15-32(37(46)21-29)12-9-7-10-13-36(40(48)49)38(47)24-34(27-43-3)41(50)25-31(18-30-16-17-44-39(42)22-30)19-33(41)23-35-20-28(5-2)26-45-35/h14-17,20,22,26,29,31-34,36-38,43,45-47,50H,4-13,18-19,21,23-25,27H2,1-3H3,(H2,42,44)(H,48,49). The van der Waals surface area contributed by atoms with Crippen LogP contribution in [0.15, 0.2) is 42.7 Å². The molecule has 9 heteroatoms. The van der Waals surface area contributed by atoms with Crippen molar-refractivity contribution in [3.63, 3.8) is 0 Å². The van der Waals surface area contributed by atoms with E-state index in [0.717, 1.165) is 62.6 Å². The number of nitrogens with zero attached hydrogens (tertiary/aromatic N) is 1. The molecular formula is C41H66N4O5. The van der Waals surface area contributed by atoms with Crippen molar-refractivity contribution in [1.29, 1.82) is 0 Å². The lowest BCUT2D eigenvalue weighted by Crippen LogP contribution is -2.48. The molecular weight excluding hydrogens is 628 g/mol. The van der Waals surface area contributed by atoms with Crippen molar-refractivity contribution < 1.29 is 25.2 Å². The van der Waals surface area contributed by atoms with Gasteiger partial charge in [-0.2, -0.15) is 0 Å². The largest absolute Gasteiger partial charge is 0.481 e. The van der Waals surface area contributed by atoms with E-state index < -0.39 is 23.6 Å². The molecule has 0 saturated heterocycles. The lowest BCUT2D eigenvalue weighted by molar-refractivity contribution is -0.148. The van der Waals surface area contributed by atoms with Gasteiger partial charge in [-0.05, 0) is 118 Å². The molecule has 9 atom stereocenters. The number of aryl methyl sites for hydroxylation is 1. The quantitative estimate of drug-likeness (QED) is 0.0545. The monoisotopic (exact) mass is 695 g/mol. The Labute approximate surface area is 300 Å². The fourth-order valence-corrected chi connectivity index (χ4v) is 8.99. The summed E-state index contributed by atoms with van der Waals surface area (Å²) in [6, 6.07) is 6.05. The van der Waals surface area contributed by atoms with Gasteiger partial charge in [-0.3, -0.25) is 4.79 Å². The Kier molecular flexibility index (Phi) is 15.8. The van der Waals surface area contributed by atoms with Crippen molar-refractivity contribution in [3.8, 4) is 0 Å². The van der Waals surface area contributed by atoms with Gasteiger partial charge in [0.2, 0.25) is 0 Å². The minimum Gasteiger partial charge on any atom is -0.481 e. The Bertz CT molecular complexity index is 1330. The molecule has 2 aromatic heterocycles. The normalized spacial score (nSPS) is 27.0. The zero-order chi connectivity index (χ0) is 36.1. The van der Waals surface area contributed by atoms with Crippen LogP contribution in [0.5, 0.6) is 0 Å². The second-order valence-corrected chi connectivity index (χ2v) is 15.6. The van der Waals surface area contributed by atoms with Gasteiger partial charge in [0.15, 0.2) is 0 Å². The van der Waals surface area contributed by atoms with Gasteiger partial charge in [-0.15, -0.1) is 0 Å². The maximum atomic E-state index is 12.6. The third kappa shape index (κ3) is 11.4. The lowest BCUT2D eigenvalue weighted by atomic mass is 9.73. The summed E-state index contributed by atoms with van der Waals surface area (Å²) < 4.78 is 0. The highest BCUT2D eigenvalue weighted by Crippen LogP contribution is 2.48. The van der Waals surface area contributed by atoms with E-state index in [9.17, 15) is 25.2 Å². The lowest BCUT2D eigenvalue weighted by Gasteiger charge is -2.40. The average Bonchev–Trinajstić information content (AvgIpc) is 3.67. The van der Waals surface area contributed by atoms with E-state index in [1.54, 1.807) is 6.20 Å². The molecule has 280 valence electrons. The number of unbranched alkanes of at least 4 members (excludes halogenated alkanes) is 4. The Balaban J connectivity index is 1.37. The Morgan fingerprint density at radius 3 is 2.56 bits per heavy atom. The number of rotatable bonds is 22. The van der Waals surface area contributed by atoms with E-state index >= 15 is 0 Å². The maximum Gasteiger partial charge on any atom is 0.309 e. The number of aliphatic hydroxyl groups is 3. The fourth-order valence-electron chi connectivity index (χ4n) is 8.99. The van der Waals surface area contributed by atoms with E-state index in [4.69, 9.17) is 5.73 Å². The van der Waals surface area contributed by atoms with Crippen LogP contribution in [-0.2, 0) is 24.1 Å². The number of nitrogen functional groups attached to an aromatic ring is 1. The number of H-pyrrole nitrogens is 1. The number of aromatic nitrogens is 2. The molecule has 4 rings (SSSR count). The van der Waals surface area contributed by atoms with Crippen molar-refractivity contribution in [2.45, 2.75) is 134 Å². The molecule has 50 heavy (non-hydrogen) atoms. The number of aliphatic hydroxyl groups excluding tert-OH is 2. The molecule has 2 aliphatic rings. The van der Waals surface area contributed by atoms with Crippen LogP contribution in [-0.4, -0.2) is 67.8 Å². The number of allylic oxidation sites excluding steroid dienone is 1. The number of hydrogen-bond donors (Lipinski definition) is 7. The molecule has 2 aromatic rings. The smallest absolute Gasteiger partial charge is 0.309 e. The number of aromatic amines is 1. The van der Waals surface area contributed by atoms with E-state index in [0.29, 0.717) is 44.0 Å². The summed E-state index contributed by atoms with van der Waals surface area (Å²) in [6.45, 7) is 4.82. The number of pyridine rings is 1. The zero-order valence-corrected chi connectivity index (χ0v) is 30.9. The highest BCUT2D eigenvalue weighted by atomic mass is 16.4. The van der Waals surface area contributed by atoms with Crippen LogP contribution in [0.1, 0.15) is 114 Å². The third-order valence-electron chi connectivity index (χ3n) is 11.9. The fraction of sp³-hybridized carbons (Fsp3) is 0.707. The van der Waals surface area contributed by atoms with Gasteiger partial charge in [-0.25, -0.2) is 4.98 Å². The molecule has 1 fully saturated rings. The van der Waals surface area contributed by atoms with E-state index in [2.05, 4.69) is 47.4 Å². The van der Waals surface area contributed by atoms with Gasteiger partial charge < -0.3 is 36.5 Å². The number of anilines is 1. The molecule has 9 unspecified atom stereocenters. The topological polar surface area (TPSA) is 165 Å². The highest BCUT2D eigenvalue weighted by molar-refractivity contribution is 5.70. The van der Waals surface area contributed by atoms with E-state index in [1.807, 2.05) is 25.4 Å². The van der Waals surface area contributed by atoms with Crippen molar-refractivity contribution >= 4 is 11.8 Å². The van der Waals surface area contributed by atoms with Crippen LogP contribution >= 0.6 is 0 Å². The summed E-state index contributed by atoms with van der Waals surface area (Å²) in [6.07, 6.45) is 20.3. The molecule has 0 radical (unpaired) electrons. The molecule has 0 amide bonds. The summed E-state index contributed by atoms with van der Waals surface area (Å²) >= 11 is 0. The van der Waals surface area contributed by atoms with Crippen LogP contribution in [0.4, 0.5) is 5.82 Å². The first-order chi connectivity index (χ1) is 24.1. The molecule has 0 aliphatic heterocycles. The number of carbonyl (C=O) groups is 1. The van der Waals surface area contributed by atoms with Crippen LogP contribution in [0, 0.1) is 35.5 Å². The van der Waals surface area contributed by atoms with E-state index in [-0.39, 0.29) is 36.2 Å². The Hall–Kier alpha value is -2.72. The van der Waals surface area contributed by atoms with Crippen LogP contribution in [0.3, 0.4) is 0 Å². The molecule has 9 nitrogen and oxygen atoms in total. The van der Waals surface area contributed by atoms with Gasteiger partial charge in [0, 0.05) is 36.5 Å². The summed E-state index contributed by atoms with van der Waals surface area (Å²) in [5.74, 6) is -0.925. The Morgan fingerprint density at radius 2 is 1.88 bits per heavy atom.